The molecule has 0 saturated heterocycles. The van der Waals surface area contributed by atoms with Crippen molar-refractivity contribution in [2.45, 2.75) is 25.3 Å². The number of urea groups is 1. The fraction of sp³-hybridized carbons (Fsp3) is 0.185. The van der Waals surface area contributed by atoms with Gasteiger partial charge in [-0.2, -0.15) is 0 Å². The highest BCUT2D eigenvalue weighted by Gasteiger charge is 2.21. The molecule has 4 aromatic rings. The van der Waals surface area contributed by atoms with Crippen LogP contribution in [0.4, 0.5) is 16.3 Å². The van der Waals surface area contributed by atoms with Crippen molar-refractivity contribution in [1.29, 1.82) is 0 Å². The molecule has 5 nitrogen and oxygen atoms in total. The Morgan fingerprint density at radius 3 is 2.69 bits per heavy atom. The second-order valence-electron chi connectivity index (χ2n) is 8.15. The number of carbonyl (C=O) groups is 1. The van der Waals surface area contributed by atoms with Crippen LogP contribution in [0.15, 0.2) is 84.9 Å². The number of aromatic nitrogens is 1. The normalized spacial score (nSPS) is 14.7. The minimum Gasteiger partial charge on any atom is -0.363 e. The summed E-state index contributed by atoms with van der Waals surface area (Å²) in [6.45, 7) is 0.588. The maximum atomic E-state index is 12.2. The Morgan fingerprint density at radius 1 is 0.938 bits per heavy atom. The lowest BCUT2D eigenvalue weighted by Gasteiger charge is -2.15. The average molecular weight is 423 g/mol. The standard InChI is InChI=1S/C27H26N4O/c32-27(28-17-16-19-6-2-1-3-7-19)29-22-12-14-24-21(18-22)11-15-26(30-24)31-25-13-10-20-8-4-5-9-23(20)25/h1-9,11-12,14-15,18,25H,10,13,16-17H2,(H,30,31)(H2,28,29,32)/t25-/m1/s1. The molecular weight excluding hydrogens is 396 g/mol. The van der Waals surface area contributed by atoms with E-state index in [2.05, 4.69) is 52.3 Å². The van der Waals surface area contributed by atoms with Gasteiger partial charge in [-0.15, -0.1) is 0 Å². The van der Waals surface area contributed by atoms with Crippen LogP contribution in [-0.2, 0) is 12.8 Å². The zero-order valence-corrected chi connectivity index (χ0v) is 17.8. The molecule has 0 saturated carbocycles. The summed E-state index contributed by atoms with van der Waals surface area (Å²) in [5.74, 6) is 0.874. The summed E-state index contributed by atoms with van der Waals surface area (Å²) in [6, 6.07) is 28.7. The molecule has 3 aromatic carbocycles. The fourth-order valence-electron chi connectivity index (χ4n) is 4.31. The molecule has 0 radical (unpaired) electrons. The van der Waals surface area contributed by atoms with E-state index in [1.807, 2.05) is 48.5 Å². The summed E-state index contributed by atoms with van der Waals surface area (Å²) in [5, 5.41) is 10.4. The van der Waals surface area contributed by atoms with Crippen LogP contribution >= 0.6 is 0 Å². The Morgan fingerprint density at radius 2 is 1.78 bits per heavy atom. The third kappa shape index (κ3) is 4.57. The zero-order chi connectivity index (χ0) is 21.8. The maximum Gasteiger partial charge on any atom is 0.319 e. The predicted molar refractivity (Wildman–Crippen MR) is 130 cm³/mol. The number of pyridine rings is 1. The van der Waals surface area contributed by atoms with Crippen molar-refractivity contribution in [1.82, 2.24) is 10.3 Å². The molecule has 0 spiro atoms. The Hall–Kier alpha value is -3.86. The number of rotatable bonds is 6. The molecule has 1 heterocycles. The van der Waals surface area contributed by atoms with Crippen molar-refractivity contribution in [2.75, 3.05) is 17.2 Å². The number of amides is 2. The SMILES string of the molecule is O=C(NCCc1ccccc1)Nc1ccc2nc(N[C@@H]3CCc4ccccc43)ccc2c1. The number of hydrogen-bond donors (Lipinski definition) is 3. The highest BCUT2D eigenvalue weighted by atomic mass is 16.2. The lowest BCUT2D eigenvalue weighted by Crippen LogP contribution is -2.30. The number of carbonyl (C=O) groups excluding carboxylic acids is 1. The largest absolute Gasteiger partial charge is 0.363 e. The molecule has 2 amide bonds. The molecule has 160 valence electrons. The van der Waals surface area contributed by atoms with E-state index in [1.54, 1.807) is 0 Å². The van der Waals surface area contributed by atoms with Crippen molar-refractivity contribution in [3.8, 4) is 0 Å². The summed E-state index contributed by atoms with van der Waals surface area (Å²) < 4.78 is 0. The smallest absolute Gasteiger partial charge is 0.319 e. The van der Waals surface area contributed by atoms with Crippen LogP contribution in [0.3, 0.4) is 0 Å². The van der Waals surface area contributed by atoms with Gasteiger partial charge in [0.1, 0.15) is 5.82 Å². The number of aryl methyl sites for hydroxylation is 1. The minimum absolute atomic E-state index is 0.202. The fourth-order valence-corrected chi connectivity index (χ4v) is 4.31. The van der Waals surface area contributed by atoms with E-state index in [4.69, 9.17) is 4.98 Å². The van der Waals surface area contributed by atoms with Crippen LogP contribution in [-0.4, -0.2) is 17.6 Å². The Balaban J connectivity index is 1.20. The lowest BCUT2D eigenvalue weighted by molar-refractivity contribution is 0.252. The van der Waals surface area contributed by atoms with E-state index in [-0.39, 0.29) is 6.03 Å². The van der Waals surface area contributed by atoms with Gasteiger partial charge >= 0.3 is 6.03 Å². The average Bonchev–Trinajstić information content (AvgIpc) is 3.23. The predicted octanol–water partition coefficient (Wildman–Crippen LogP) is 5.70. The van der Waals surface area contributed by atoms with E-state index in [9.17, 15) is 4.79 Å². The van der Waals surface area contributed by atoms with Gasteiger partial charge in [-0.05, 0) is 66.3 Å². The number of nitrogens with zero attached hydrogens (tertiary/aromatic N) is 1. The molecule has 1 aliphatic carbocycles. The molecule has 0 fully saturated rings. The molecule has 1 aliphatic rings. The van der Waals surface area contributed by atoms with Gasteiger partial charge in [0.25, 0.3) is 0 Å². The van der Waals surface area contributed by atoms with Gasteiger partial charge in [-0.3, -0.25) is 0 Å². The number of fused-ring (bicyclic) bond motifs is 2. The second-order valence-corrected chi connectivity index (χ2v) is 8.15. The van der Waals surface area contributed by atoms with Gasteiger partial charge in [0, 0.05) is 17.6 Å². The summed E-state index contributed by atoms with van der Waals surface area (Å²) in [4.78, 5) is 17.0. The first-order chi connectivity index (χ1) is 15.7. The highest BCUT2D eigenvalue weighted by molar-refractivity contribution is 5.92. The van der Waals surface area contributed by atoms with Crippen LogP contribution < -0.4 is 16.0 Å². The summed E-state index contributed by atoms with van der Waals surface area (Å²) >= 11 is 0. The zero-order valence-electron chi connectivity index (χ0n) is 17.8. The van der Waals surface area contributed by atoms with Crippen LogP contribution in [0.25, 0.3) is 10.9 Å². The first-order valence-corrected chi connectivity index (χ1v) is 11.1. The Labute approximate surface area is 187 Å². The Kier molecular flexibility index (Phi) is 5.71. The minimum atomic E-state index is -0.202. The highest BCUT2D eigenvalue weighted by Crippen LogP contribution is 2.33. The third-order valence-electron chi connectivity index (χ3n) is 5.94. The molecule has 0 aliphatic heterocycles. The van der Waals surface area contributed by atoms with Crippen molar-refractivity contribution >= 4 is 28.4 Å². The van der Waals surface area contributed by atoms with Gasteiger partial charge in [-0.1, -0.05) is 54.6 Å². The molecule has 1 aromatic heterocycles. The first-order valence-electron chi connectivity index (χ1n) is 11.1. The van der Waals surface area contributed by atoms with Gasteiger partial charge in [-0.25, -0.2) is 9.78 Å². The quantitative estimate of drug-likeness (QED) is 0.373. The molecule has 32 heavy (non-hydrogen) atoms. The maximum absolute atomic E-state index is 12.2. The summed E-state index contributed by atoms with van der Waals surface area (Å²) in [7, 11) is 0. The van der Waals surface area contributed by atoms with Crippen molar-refractivity contribution in [2.24, 2.45) is 0 Å². The van der Waals surface area contributed by atoms with E-state index >= 15 is 0 Å². The van der Waals surface area contributed by atoms with Crippen LogP contribution in [0.1, 0.15) is 29.2 Å². The molecule has 3 N–H and O–H groups in total. The van der Waals surface area contributed by atoms with Gasteiger partial charge < -0.3 is 16.0 Å². The number of hydrogen-bond acceptors (Lipinski definition) is 3. The second kappa shape index (κ2) is 9.10. The van der Waals surface area contributed by atoms with E-state index in [0.717, 1.165) is 41.7 Å². The number of nitrogens with one attached hydrogen (secondary N) is 3. The molecule has 5 heteroatoms. The van der Waals surface area contributed by atoms with Gasteiger partial charge in [0.2, 0.25) is 0 Å². The topological polar surface area (TPSA) is 66.0 Å². The molecule has 5 rings (SSSR count). The number of anilines is 2. The third-order valence-corrected chi connectivity index (χ3v) is 5.94. The molecule has 1 atom stereocenters. The van der Waals surface area contributed by atoms with E-state index in [0.29, 0.717) is 12.6 Å². The van der Waals surface area contributed by atoms with E-state index in [1.165, 1.54) is 16.7 Å². The number of benzene rings is 3. The van der Waals surface area contributed by atoms with Gasteiger partial charge in [0.05, 0.1) is 11.6 Å². The van der Waals surface area contributed by atoms with Crippen molar-refractivity contribution in [3.05, 3.63) is 102 Å². The lowest BCUT2D eigenvalue weighted by atomic mass is 10.1. The summed E-state index contributed by atoms with van der Waals surface area (Å²) in [5.41, 5.74) is 5.64. The molecule has 0 unspecified atom stereocenters. The van der Waals surface area contributed by atoms with Crippen LogP contribution in [0.2, 0.25) is 0 Å². The van der Waals surface area contributed by atoms with Gasteiger partial charge in [0.15, 0.2) is 0 Å². The van der Waals surface area contributed by atoms with Crippen LogP contribution in [0, 0.1) is 0 Å². The van der Waals surface area contributed by atoms with E-state index < -0.39 is 0 Å². The van der Waals surface area contributed by atoms with Crippen LogP contribution in [0.5, 0.6) is 0 Å². The van der Waals surface area contributed by atoms with Crippen molar-refractivity contribution in [3.63, 3.8) is 0 Å². The van der Waals surface area contributed by atoms with Crippen molar-refractivity contribution < 1.29 is 4.79 Å². The molecular formula is C27H26N4O. The first kappa shape index (κ1) is 20.1. The monoisotopic (exact) mass is 422 g/mol. The summed E-state index contributed by atoms with van der Waals surface area (Å²) in [6.07, 6.45) is 2.99. The molecule has 0 bridgehead atoms. The Bertz CT molecular complexity index is 1240.